The zero-order valence-corrected chi connectivity index (χ0v) is 27.4. The van der Waals surface area contributed by atoms with Crippen LogP contribution >= 0.6 is 0 Å². The van der Waals surface area contributed by atoms with Crippen LogP contribution in [0.15, 0.2) is 70.5 Å². The molecule has 1 saturated heterocycles. The number of terminal acetylenes is 2. The number of ether oxygens (including phenoxy) is 2. The summed E-state index contributed by atoms with van der Waals surface area (Å²) in [6.07, 6.45) is 14.7. The van der Waals surface area contributed by atoms with Gasteiger partial charge in [0.05, 0.1) is 0 Å². The van der Waals surface area contributed by atoms with Crippen molar-refractivity contribution in [3.05, 3.63) is 92.8 Å². The number of aromatic nitrogens is 2. The van der Waals surface area contributed by atoms with E-state index in [1.54, 1.807) is 75.0 Å². The summed E-state index contributed by atoms with van der Waals surface area (Å²) in [5.74, 6) is 4.22. The number of aliphatic hydroxyl groups excluding tert-OH is 1. The summed E-state index contributed by atoms with van der Waals surface area (Å²) in [5, 5.41) is 12.2. The quantitative estimate of drug-likeness (QED) is 0.208. The Morgan fingerprint density at radius 2 is 1.33 bits per heavy atom. The van der Waals surface area contributed by atoms with Crippen molar-refractivity contribution in [3.63, 3.8) is 0 Å². The number of fused-ring (bicyclic) bond motifs is 2. The molecule has 2 aromatic heterocycles. The van der Waals surface area contributed by atoms with Gasteiger partial charge in [-0.25, -0.2) is 0 Å². The molecule has 2 aromatic carbocycles. The monoisotopic (exact) mass is 596 g/mol. The molecule has 2 atom stereocenters. The molecule has 9 nitrogen and oxygen atoms in total. The fourth-order valence-electron chi connectivity index (χ4n) is 4.22. The SMILES string of the molecule is C#CC(O)c1cccc2c(=O)n(C)ccc12.C#CC(OC(C)=O)c1cccc2c(=O)n(C)ccc12.C1CCOC1.[K+].[OH-]. The summed E-state index contributed by atoms with van der Waals surface area (Å²) in [6, 6.07) is 14.0. The predicted octanol–water partition coefficient (Wildman–Crippen LogP) is 0.605. The van der Waals surface area contributed by atoms with Gasteiger partial charge in [0.2, 0.25) is 0 Å². The van der Waals surface area contributed by atoms with Crippen molar-refractivity contribution in [2.24, 2.45) is 14.1 Å². The number of aliphatic hydroxyl groups is 1. The van der Waals surface area contributed by atoms with E-state index in [0.29, 0.717) is 32.7 Å². The maximum Gasteiger partial charge on any atom is 1.00 e. The van der Waals surface area contributed by atoms with Crippen LogP contribution in [0.5, 0.6) is 0 Å². The molecule has 2 unspecified atom stereocenters. The number of rotatable bonds is 3. The normalized spacial score (nSPS) is 12.9. The van der Waals surface area contributed by atoms with Crippen LogP contribution in [-0.2, 0) is 28.4 Å². The number of nitrogens with zero attached hydrogens (tertiary/aromatic N) is 2. The second-order valence-corrected chi connectivity index (χ2v) is 9.13. The van der Waals surface area contributed by atoms with E-state index in [0.717, 1.165) is 13.2 Å². The topological polar surface area (TPSA) is 130 Å². The molecule has 1 aliphatic rings. The molecule has 0 radical (unpaired) electrons. The average molecular weight is 597 g/mol. The third-order valence-corrected chi connectivity index (χ3v) is 6.31. The van der Waals surface area contributed by atoms with Gasteiger partial charge in [-0.1, -0.05) is 36.1 Å². The van der Waals surface area contributed by atoms with Crippen LogP contribution in [0.1, 0.15) is 43.1 Å². The molecule has 10 heteroatoms. The Morgan fingerprint density at radius 1 is 0.857 bits per heavy atom. The van der Waals surface area contributed by atoms with Gasteiger partial charge in [0.25, 0.3) is 11.1 Å². The number of carbonyl (C=O) groups excluding carboxylic acids is 1. The van der Waals surface area contributed by atoms with E-state index < -0.39 is 18.2 Å². The zero-order valence-electron chi connectivity index (χ0n) is 24.2. The molecular formula is C32H33KN2O7. The molecule has 0 amide bonds. The van der Waals surface area contributed by atoms with Crippen molar-refractivity contribution < 1.29 is 76.2 Å². The maximum absolute atomic E-state index is 12.0. The summed E-state index contributed by atoms with van der Waals surface area (Å²) < 4.78 is 13.0. The molecule has 0 bridgehead atoms. The first-order valence-electron chi connectivity index (χ1n) is 12.7. The minimum absolute atomic E-state index is 0. The second kappa shape index (κ2) is 17.8. The van der Waals surface area contributed by atoms with Gasteiger partial charge in [0.15, 0.2) is 6.10 Å². The third-order valence-electron chi connectivity index (χ3n) is 6.31. The number of benzene rings is 2. The maximum atomic E-state index is 12.0. The Labute approximate surface area is 287 Å². The van der Waals surface area contributed by atoms with Gasteiger partial charge in [-0.15, -0.1) is 12.8 Å². The molecule has 3 heterocycles. The molecule has 4 aromatic rings. The number of pyridine rings is 2. The summed E-state index contributed by atoms with van der Waals surface area (Å²) in [5.41, 5.74) is 1.03. The van der Waals surface area contributed by atoms with E-state index in [2.05, 4.69) is 11.8 Å². The minimum Gasteiger partial charge on any atom is -0.870 e. The van der Waals surface area contributed by atoms with Crippen LogP contribution < -0.4 is 62.5 Å². The zero-order chi connectivity index (χ0) is 29.2. The summed E-state index contributed by atoms with van der Waals surface area (Å²) in [4.78, 5) is 34.9. The Balaban J connectivity index is 0.000000348. The Bertz CT molecular complexity index is 1700. The first-order valence-corrected chi connectivity index (χ1v) is 12.7. The van der Waals surface area contributed by atoms with Crippen LogP contribution in [0.25, 0.3) is 21.5 Å². The fourth-order valence-corrected chi connectivity index (χ4v) is 4.22. The van der Waals surface area contributed by atoms with Gasteiger partial charge in [0, 0.05) is 68.5 Å². The van der Waals surface area contributed by atoms with E-state index in [4.69, 9.17) is 22.3 Å². The van der Waals surface area contributed by atoms with Crippen LogP contribution in [0.2, 0.25) is 0 Å². The molecule has 214 valence electrons. The van der Waals surface area contributed by atoms with Crippen LogP contribution in [0.3, 0.4) is 0 Å². The van der Waals surface area contributed by atoms with E-state index in [9.17, 15) is 19.5 Å². The largest absolute Gasteiger partial charge is 1.00 e. The molecule has 42 heavy (non-hydrogen) atoms. The van der Waals surface area contributed by atoms with Crippen molar-refractivity contribution in [2.75, 3.05) is 13.2 Å². The molecule has 0 spiro atoms. The number of hydrogen-bond acceptors (Lipinski definition) is 7. The molecule has 1 aliphatic heterocycles. The summed E-state index contributed by atoms with van der Waals surface area (Å²) in [6.45, 7) is 3.30. The summed E-state index contributed by atoms with van der Waals surface area (Å²) >= 11 is 0. The first kappa shape index (κ1) is 37.0. The number of hydrogen-bond donors (Lipinski definition) is 1. The minimum atomic E-state index is -0.976. The van der Waals surface area contributed by atoms with E-state index >= 15 is 0 Å². The van der Waals surface area contributed by atoms with Gasteiger partial charge < -0.3 is 29.2 Å². The van der Waals surface area contributed by atoms with Gasteiger partial charge in [-0.2, -0.15) is 0 Å². The number of aryl methyl sites for hydroxylation is 2. The van der Waals surface area contributed by atoms with E-state index in [1.807, 2.05) is 0 Å². The Hall–Kier alpha value is -3.03. The number of carbonyl (C=O) groups is 1. The van der Waals surface area contributed by atoms with Crippen LogP contribution in [0, 0.1) is 24.7 Å². The van der Waals surface area contributed by atoms with Gasteiger partial charge in [-0.3, -0.25) is 14.4 Å². The van der Waals surface area contributed by atoms with Gasteiger partial charge in [-0.05, 0) is 47.9 Å². The van der Waals surface area contributed by atoms with Crippen LogP contribution in [0.4, 0.5) is 0 Å². The smallest absolute Gasteiger partial charge is 0.870 e. The Kier molecular flexibility index (Phi) is 15.7. The number of esters is 1. The van der Waals surface area contributed by atoms with Crippen molar-refractivity contribution in [3.8, 4) is 24.7 Å². The van der Waals surface area contributed by atoms with Gasteiger partial charge in [0.1, 0.15) is 6.10 Å². The summed E-state index contributed by atoms with van der Waals surface area (Å²) in [7, 11) is 3.37. The first-order chi connectivity index (χ1) is 19.2. The van der Waals surface area contributed by atoms with Crippen molar-refractivity contribution >= 4 is 27.5 Å². The predicted molar refractivity (Wildman–Crippen MR) is 157 cm³/mol. The third kappa shape index (κ3) is 9.23. The molecule has 0 saturated carbocycles. The van der Waals surface area contributed by atoms with Crippen molar-refractivity contribution in [2.45, 2.75) is 32.0 Å². The van der Waals surface area contributed by atoms with E-state index in [1.165, 1.54) is 28.9 Å². The molecule has 1 fully saturated rings. The second-order valence-electron chi connectivity index (χ2n) is 9.13. The van der Waals surface area contributed by atoms with Gasteiger partial charge >= 0.3 is 57.4 Å². The average Bonchev–Trinajstić information content (AvgIpc) is 3.56. The van der Waals surface area contributed by atoms with Crippen molar-refractivity contribution in [1.82, 2.24) is 9.13 Å². The molecular weight excluding hydrogens is 563 g/mol. The molecule has 0 aliphatic carbocycles. The standard InChI is InChI=1S/C15H13NO3.C13H11NO2.C4H8O.K.H2O/c1-4-14(19-10(2)17)12-6-5-7-13-11(12)8-9-16(3)15(13)18;1-3-12(15)10-5-4-6-11-9(10)7-8-14(2)13(11)16;1-2-4-5-3-1;;/h1,5-9,14H,2-3H3;1,4-8,12,15H,2H3;1-4H2;;1H2/q;;;+1;/p-1. The van der Waals surface area contributed by atoms with Crippen LogP contribution in [-0.4, -0.2) is 38.9 Å². The molecule has 5 rings (SSSR count). The van der Waals surface area contributed by atoms with E-state index in [-0.39, 0.29) is 68.0 Å². The molecule has 2 N–H and O–H groups in total. The van der Waals surface area contributed by atoms with Crippen molar-refractivity contribution in [1.29, 1.82) is 0 Å². The fraction of sp³-hybridized carbons (Fsp3) is 0.281. The Morgan fingerprint density at radius 3 is 1.74 bits per heavy atom.